The molecule has 0 saturated heterocycles. The molecule has 2 aliphatic carbocycles. The van der Waals surface area contributed by atoms with Crippen LogP contribution in [0.1, 0.15) is 329 Å². The zero-order valence-electron chi connectivity index (χ0n) is 60.6. The van der Waals surface area contributed by atoms with Gasteiger partial charge in [-0.1, -0.05) is 283 Å². The third-order valence-electron chi connectivity index (χ3n) is 21.0. The number of hydrogen-bond acceptors (Lipinski definition) is 6. The summed E-state index contributed by atoms with van der Waals surface area (Å²) in [6.45, 7) is 26.2. The van der Waals surface area contributed by atoms with Crippen LogP contribution in [0, 0.1) is 35.8 Å². The van der Waals surface area contributed by atoms with Gasteiger partial charge in [-0.15, -0.1) is 45.3 Å². The van der Waals surface area contributed by atoms with Crippen LogP contribution in [-0.4, -0.2) is 0 Å². The minimum absolute atomic E-state index is 0.0822. The molecule has 0 bridgehead atoms. The van der Waals surface area contributed by atoms with Crippen LogP contribution >= 0.6 is 45.3 Å². The molecular formula is C90H114N4S4. The third kappa shape index (κ3) is 21.0. The zero-order valence-corrected chi connectivity index (χ0v) is 63.9. The van der Waals surface area contributed by atoms with Crippen LogP contribution in [0.2, 0.25) is 0 Å². The minimum atomic E-state index is 0.0822. The van der Waals surface area contributed by atoms with Crippen molar-refractivity contribution in [2.24, 2.45) is 0 Å². The van der Waals surface area contributed by atoms with Crippen molar-refractivity contribution in [2.75, 3.05) is 0 Å². The smallest absolute Gasteiger partial charge is 0.226 e. The van der Waals surface area contributed by atoms with Crippen molar-refractivity contribution in [3.8, 4) is 74.8 Å². The van der Waals surface area contributed by atoms with Gasteiger partial charge in [0, 0.05) is 40.4 Å². The van der Waals surface area contributed by atoms with E-state index in [0.29, 0.717) is 11.1 Å². The van der Waals surface area contributed by atoms with Gasteiger partial charge in [0.05, 0.1) is 25.3 Å². The highest BCUT2D eigenvalue weighted by molar-refractivity contribution is 7.24. The van der Waals surface area contributed by atoms with Crippen LogP contribution in [0.5, 0.6) is 0 Å². The average Bonchev–Trinajstić information content (AvgIpc) is 1.55. The van der Waals surface area contributed by atoms with Crippen LogP contribution in [0.3, 0.4) is 0 Å². The molecule has 2 aliphatic rings. The van der Waals surface area contributed by atoms with Crippen molar-refractivity contribution >= 4 is 56.5 Å². The molecule has 0 amide bonds. The third-order valence-corrected chi connectivity index (χ3v) is 25.8. The molecule has 0 aliphatic heterocycles. The fraction of sp³-hybridized carbons (Fsp3) is 0.533. The number of nitrogens with zero attached hydrogens (tertiary/aromatic N) is 4. The van der Waals surface area contributed by atoms with Crippen molar-refractivity contribution < 1.29 is 0 Å². The molecule has 7 aromatic rings. The van der Waals surface area contributed by atoms with E-state index >= 15 is 0 Å². The molecule has 0 unspecified atom stereocenters. The van der Waals surface area contributed by atoms with Crippen LogP contribution in [0.25, 0.3) is 83.5 Å². The quantitative estimate of drug-likeness (QED) is 0.0217. The number of aryl methyl sites for hydroxylation is 4. The van der Waals surface area contributed by atoms with E-state index < -0.39 is 0 Å². The predicted molar refractivity (Wildman–Crippen MR) is 429 cm³/mol. The molecule has 518 valence electrons. The zero-order chi connectivity index (χ0) is 68.5. The molecule has 4 nitrogen and oxygen atoms in total. The summed E-state index contributed by atoms with van der Waals surface area (Å²) in [4.78, 5) is 16.0. The van der Waals surface area contributed by atoms with Crippen LogP contribution in [-0.2, 0) is 25.7 Å². The van der Waals surface area contributed by atoms with E-state index in [4.69, 9.17) is 13.1 Å². The van der Waals surface area contributed by atoms with Crippen molar-refractivity contribution in [1.29, 1.82) is 10.5 Å². The first-order valence-electron chi connectivity index (χ1n) is 39.3. The summed E-state index contributed by atoms with van der Waals surface area (Å²) in [6, 6.07) is 32.3. The molecule has 0 fully saturated rings. The Morgan fingerprint density at radius 1 is 0.306 bits per heavy atom. The summed E-state index contributed by atoms with van der Waals surface area (Å²) < 4.78 is 0. The summed E-state index contributed by atoms with van der Waals surface area (Å²) in [5.74, 6) is 0. The average molecular weight is 1380 g/mol. The molecule has 0 N–H and O–H groups in total. The molecule has 0 atom stereocenters. The number of unbranched alkanes of at least 4 members (excludes halogenated alkanes) is 36. The molecule has 8 heteroatoms. The van der Waals surface area contributed by atoms with Gasteiger partial charge in [0.15, 0.2) is 0 Å². The first kappa shape index (κ1) is 76.1. The lowest BCUT2D eigenvalue weighted by Crippen LogP contribution is -1.90. The summed E-state index contributed by atoms with van der Waals surface area (Å²) in [5.41, 5.74) is 16.8. The normalized spacial score (nSPS) is 13.1. The van der Waals surface area contributed by atoms with Gasteiger partial charge in [0.2, 0.25) is 0 Å². The highest BCUT2D eigenvalue weighted by atomic mass is 32.1. The molecule has 4 heterocycles. The van der Waals surface area contributed by atoms with Gasteiger partial charge in [0.1, 0.15) is 0 Å². The maximum absolute atomic E-state index is 10.9. The predicted octanol–water partition coefficient (Wildman–Crippen LogP) is 30.8. The molecule has 4 aromatic heterocycles. The monoisotopic (exact) mass is 1380 g/mol. The van der Waals surface area contributed by atoms with Gasteiger partial charge >= 0.3 is 0 Å². The standard InChI is InChI=1S/C90H114N4S4/c1-7-11-15-19-23-27-31-35-39-43-47-67-55-57-95-89(67)83-61-69(49-45-41-37-33-29-25-21-17-13-9-3)87(97-83)71-51-53-73-75-63-80-76(64-79(75)85(77(73)59-71)81(65-91)93-5)74-54-52-72(60-78(74)86(80)82(66-92)94-6)88-70(50-46-42-38-34-30-26-22-18-14-10-4)62-84(98-88)90-68(56-58-96-90)48-44-40-36-32-28-24-20-16-12-8-2/h51-64H,7-50H2,1-4H3/b85-81-,86-82+. The fourth-order valence-electron chi connectivity index (χ4n) is 15.4. The number of benzene rings is 3. The Kier molecular flexibility index (Phi) is 32.8. The molecular weight excluding hydrogens is 1270 g/mol. The Morgan fingerprint density at radius 2 is 0.582 bits per heavy atom. The molecule has 0 saturated carbocycles. The highest BCUT2D eigenvalue weighted by Gasteiger charge is 2.35. The van der Waals surface area contributed by atoms with Crippen LogP contribution < -0.4 is 0 Å². The van der Waals surface area contributed by atoms with Crippen molar-refractivity contribution in [1.82, 2.24) is 0 Å². The van der Waals surface area contributed by atoms with Gasteiger partial charge in [-0.05, 0) is 189 Å². The van der Waals surface area contributed by atoms with Crippen molar-refractivity contribution in [2.45, 2.75) is 310 Å². The van der Waals surface area contributed by atoms with E-state index in [0.717, 1.165) is 94.2 Å². The Balaban J connectivity index is 1.00. The SMILES string of the molecule is [C-]#[N+]/C(C#N)=C1/c2cc(-c3sc(-c4sccc4CCCCCCCCCCCC)cc3CCCCCCCCCCCC)ccc2-c2cc3c(cc21)-c1ccc(-c2sc(-c4sccc4CCCCCCCCCCCC)cc2CCCCCCCCCCCC)cc1/C3=C(/C#N)[N+]#[C-]. The van der Waals surface area contributed by atoms with Crippen LogP contribution in [0.15, 0.2) is 95.0 Å². The first-order chi connectivity index (χ1) is 48.4. The molecule has 0 spiro atoms. The number of rotatable bonds is 48. The largest absolute Gasteiger partial charge is 0.270 e. The van der Waals surface area contributed by atoms with Gasteiger partial charge in [0.25, 0.3) is 11.4 Å². The summed E-state index contributed by atoms with van der Waals surface area (Å²) in [7, 11) is 0. The second kappa shape index (κ2) is 42.2. The van der Waals surface area contributed by atoms with E-state index in [9.17, 15) is 10.5 Å². The Labute approximate surface area is 609 Å². The number of allylic oxidation sites excluding steroid dienone is 2. The maximum atomic E-state index is 10.9. The van der Waals surface area contributed by atoms with Gasteiger partial charge in [-0.2, -0.15) is 0 Å². The summed E-state index contributed by atoms with van der Waals surface area (Å²) >= 11 is 7.60. The molecule has 3 aromatic carbocycles. The van der Waals surface area contributed by atoms with E-state index in [-0.39, 0.29) is 11.4 Å². The molecule has 0 radical (unpaired) electrons. The van der Waals surface area contributed by atoms with Gasteiger partial charge in [-0.3, -0.25) is 0 Å². The first-order valence-corrected chi connectivity index (χ1v) is 42.7. The van der Waals surface area contributed by atoms with Crippen LogP contribution in [0.4, 0.5) is 0 Å². The molecule has 98 heavy (non-hydrogen) atoms. The Bertz CT molecular complexity index is 3580. The lowest BCUT2D eigenvalue weighted by molar-refractivity contribution is 0.556. The number of fused-ring (bicyclic) bond motifs is 6. The summed E-state index contributed by atoms with van der Waals surface area (Å²) in [6.07, 6.45) is 57.0. The van der Waals surface area contributed by atoms with Gasteiger partial charge < -0.3 is 0 Å². The Morgan fingerprint density at radius 3 is 0.867 bits per heavy atom. The molecule has 9 rings (SSSR count). The topological polar surface area (TPSA) is 56.3 Å². The highest BCUT2D eigenvalue weighted by Crippen LogP contribution is 2.56. The van der Waals surface area contributed by atoms with Gasteiger partial charge in [-0.25, -0.2) is 20.2 Å². The summed E-state index contributed by atoms with van der Waals surface area (Å²) in [5, 5.41) is 26.4. The van der Waals surface area contributed by atoms with E-state index in [1.165, 1.54) is 296 Å². The number of hydrogen-bond donors (Lipinski definition) is 0. The number of thiophene rings is 4. The van der Waals surface area contributed by atoms with E-state index in [1.807, 2.05) is 45.3 Å². The minimum Gasteiger partial charge on any atom is -0.226 e. The fourth-order valence-corrected chi connectivity index (χ4v) is 20.1. The second-order valence-electron chi connectivity index (χ2n) is 28.6. The Hall–Kier alpha value is -6.10. The lowest BCUT2D eigenvalue weighted by atomic mass is 9.95. The lowest BCUT2D eigenvalue weighted by Gasteiger charge is -2.09. The van der Waals surface area contributed by atoms with Crippen molar-refractivity contribution in [3.63, 3.8) is 0 Å². The van der Waals surface area contributed by atoms with E-state index in [2.05, 4.69) is 133 Å². The number of nitriles is 2. The second-order valence-corrected chi connectivity index (χ2v) is 32.5. The van der Waals surface area contributed by atoms with Crippen molar-refractivity contribution in [3.05, 3.63) is 162 Å². The van der Waals surface area contributed by atoms with E-state index in [1.54, 1.807) is 0 Å². The maximum Gasteiger partial charge on any atom is 0.270 e.